The summed E-state index contributed by atoms with van der Waals surface area (Å²) in [6, 6.07) is 9.58. The molecule has 1 aliphatic rings. The number of hydrogen-bond acceptors (Lipinski definition) is 2. The van der Waals surface area contributed by atoms with Gasteiger partial charge in [-0.05, 0) is 48.4 Å². The van der Waals surface area contributed by atoms with Gasteiger partial charge >= 0.3 is 0 Å². The lowest BCUT2D eigenvalue weighted by atomic mass is 10.1. The number of halogens is 1. The second-order valence-corrected chi connectivity index (χ2v) is 5.03. The molecule has 2 aromatic carbocycles. The fraction of sp³-hybridized carbons (Fsp3) is 0.125. The predicted molar refractivity (Wildman–Crippen MR) is 77.9 cm³/mol. The van der Waals surface area contributed by atoms with E-state index in [4.69, 9.17) is 0 Å². The lowest BCUT2D eigenvalue weighted by Crippen LogP contribution is -2.14. The molecular formula is C16H13FN2O2. The minimum absolute atomic E-state index is 0.00435. The maximum absolute atomic E-state index is 13.8. The Balaban J connectivity index is 1.82. The molecule has 2 aromatic rings. The molecule has 1 aliphatic heterocycles. The van der Waals surface area contributed by atoms with E-state index in [0.717, 1.165) is 16.8 Å². The zero-order valence-electron chi connectivity index (χ0n) is 11.4. The molecule has 0 radical (unpaired) electrons. The molecule has 1 heterocycles. The van der Waals surface area contributed by atoms with Crippen LogP contribution in [0.15, 0.2) is 36.4 Å². The average molecular weight is 284 g/mol. The summed E-state index contributed by atoms with van der Waals surface area (Å²) in [5, 5.41) is 5.36. The number of rotatable bonds is 2. The standard InChI is InChI=1S/C16H13FN2O2/c1-9-2-4-12(13(17)6-9)16(21)18-11-3-5-14-10(7-11)8-15(20)19-14/h2-7H,8H2,1H3,(H,18,21)(H,19,20). The normalized spacial score (nSPS) is 12.8. The summed E-state index contributed by atoms with van der Waals surface area (Å²) in [7, 11) is 0. The second-order valence-electron chi connectivity index (χ2n) is 5.03. The highest BCUT2D eigenvalue weighted by Gasteiger charge is 2.18. The highest BCUT2D eigenvalue weighted by Crippen LogP contribution is 2.26. The third-order valence-electron chi connectivity index (χ3n) is 3.36. The Bertz CT molecular complexity index is 756. The Hall–Kier alpha value is -2.69. The Morgan fingerprint density at radius 2 is 2.05 bits per heavy atom. The van der Waals surface area contributed by atoms with Crippen molar-refractivity contribution in [2.45, 2.75) is 13.3 Å². The van der Waals surface area contributed by atoms with Crippen molar-refractivity contribution in [2.75, 3.05) is 10.6 Å². The summed E-state index contributed by atoms with van der Waals surface area (Å²) >= 11 is 0. The summed E-state index contributed by atoms with van der Waals surface area (Å²) in [6.45, 7) is 1.76. The van der Waals surface area contributed by atoms with Gasteiger partial charge in [-0.3, -0.25) is 9.59 Å². The molecule has 4 nitrogen and oxygen atoms in total. The van der Waals surface area contributed by atoms with E-state index < -0.39 is 11.7 Å². The zero-order chi connectivity index (χ0) is 15.0. The highest BCUT2D eigenvalue weighted by molar-refractivity contribution is 6.05. The van der Waals surface area contributed by atoms with Gasteiger partial charge in [-0.15, -0.1) is 0 Å². The van der Waals surface area contributed by atoms with Crippen LogP contribution >= 0.6 is 0 Å². The van der Waals surface area contributed by atoms with E-state index in [2.05, 4.69) is 10.6 Å². The smallest absolute Gasteiger partial charge is 0.258 e. The third kappa shape index (κ3) is 2.63. The first-order chi connectivity index (χ1) is 10.0. The first-order valence-corrected chi connectivity index (χ1v) is 6.53. The van der Waals surface area contributed by atoms with E-state index in [1.165, 1.54) is 12.1 Å². The van der Waals surface area contributed by atoms with Crippen LogP contribution < -0.4 is 10.6 Å². The molecule has 5 heteroatoms. The van der Waals surface area contributed by atoms with Crippen LogP contribution in [0.3, 0.4) is 0 Å². The number of carbonyl (C=O) groups is 2. The summed E-state index contributed by atoms with van der Waals surface area (Å²) in [4.78, 5) is 23.4. The molecule has 0 fully saturated rings. The van der Waals surface area contributed by atoms with Crippen LogP contribution in [-0.4, -0.2) is 11.8 Å². The van der Waals surface area contributed by atoms with Crippen molar-refractivity contribution < 1.29 is 14.0 Å². The topological polar surface area (TPSA) is 58.2 Å². The monoisotopic (exact) mass is 284 g/mol. The average Bonchev–Trinajstić information content (AvgIpc) is 2.77. The highest BCUT2D eigenvalue weighted by atomic mass is 19.1. The number of anilines is 2. The van der Waals surface area contributed by atoms with Gasteiger partial charge in [-0.1, -0.05) is 6.07 Å². The molecule has 0 bridgehead atoms. The molecule has 0 atom stereocenters. The molecule has 2 N–H and O–H groups in total. The molecule has 2 amide bonds. The number of amides is 2. The summed E-state index contributed by atoms with van der Waals surface area (Å²) in [6.07, 6.45) is 0.290. The summed E-state index contributed by atoms with van der Waals surface area (Å²) in [5.74, 6) is -1.13. The van der Waals surface area contributed by atoms with Crippen LogP contribution in [-0.2, 0) is 11.2 Å². The zero-order valence-corrected chi connectivity index (χ0v) is 11.4. The molecule has 0 saturated carbocycles. The largest absolute Gasteiger partial charge is 0.326 e. The van der Waals surface area contributed by atoms with Gasteiger partial charge in [0.05, 0.1) is 12.0 Å². The first-order valence-electron chi connectivity index (χ1n) is 6.53. The molecule has 0 aromatic heterocycles. The van der Waals surface area contributed by atoms with E-state index in [1.54, 1.807) is 31.2 Å². The Labute approximate surface area is 121 Å². The van der Waals surface area contributed by atoms with E-state index >= 15 is 0 Å². The van der Waals surface area contributed by atoms with E-state index in [9.17, 15) is 14.0 Å². The molecule has 0 aliphatic carbocycles. The minimum Gasteiger partial charge on any atom is -0.326 e. The van der Waals surface area contributed by atoms with E-state index in [1.807, 2.05) is 0 Å². The summed E-state index contributed by atoms with van der Waals surface area (Å²) in [5.41, 5.74) is 2.86. The van der Waals surface area contributed by atoms with Crippen molar-refractivity contribution in [2.24, 2.45) is 0 Å². The van der Waals surface area contributed by atoms with Gasteiger partial charge in [-0.25, -0.2) is 4.39 Å². The van der Waals surface area contributed by atoms with Gasteiger partial charge in [0.15, 0.2) is 0 Å². The SMILES string of the molecule is Cc1ccc(C(=O)Nc2ccc3c(c2)CC(=O)N3)c(F)c1. The van der Waals surface area contributed by atoms with Gasteiger partial charge < -0.3 is 10.6 Å². The number of fused-ring (bicyclic) bond motifs is 1. The van der Waals surface area contributed by atoms with Crippen LogP contribution in [0, 0.1) is 12.7 Å². The van der Waals surface area contributed by atoms with Crippen LogP contribution in [0.2, 0.25) is 0 Å². The van der Waals surface area contributed by atoms with Crippen LogP contribution in [0.5, 0.6) is 0 Å². The van der Waals surface area contributed by atoms with Crippen LogP contribution in [0.1, 0.15) is 21.5 Å². The predicted octanol–water partition coefficient (Wildman–Crippen LogP) is 2.88. The van der Waals surface area contributed by atoms with Crippen molar-refractivity contribution >= 4 is 23.2 Å². The van der Waals surface area contributed by atoms with Gasteiger partial charge in [0, 0.05) is 11.4 Å². The molecule has 0 saturated heterocycles. The molecule has 0 spiro atoms. The molecule has 106 valence electrons. The Kier molecular flexibility index (Phi) is 3.17. The maximum atomic E-state index is 13.8. The maximum Gasteiger partial charge on any atom is 0.258 e. The number of hydrogen-bond donors (Lipinski definition) is 2. The van der Waals surface area contributed by atoms with Crippen LogP contribution in [0.4, 0.5) is 15.8 Å². The Morgan fingerprint density at radius 1 is 1.24 bits per heavy atom. The van der Waals surface area contributed by atoms with Crippen LogP contribution in [0.25, 0.3) is 0 Å². The number of aryl methyl sites for hydroxylation is 1. The Morgan fingerprint density at radius 3 is 2.81 bits per heavy atom. The minimum atomic E-state index is -0.550. The van der Waals surface area contributed by atoms with E-state index in [0.29, 0.717) is 5.69 Å². The fourth-order valence-electron chi connectivity index (χ4n) is 2.31. The van der Waals surface area contributed by atoms with Crippen molar-refractivity contribution in [1.82, 2.24) is 0 Å². The van der Waals surface area contributed by atoms with Crippen molar-refractivity contribution in [3.05, 3.63) is 58.9 Å². The molecule has 21 heavy (non-hydrogen) atoms. The first kappa shape index (κ1) is 13.3. The number of benzene rings is 2. The number of carbonyl (C=O) groups excluding carboxylic acids is 2. The quantitative estimate of drug-likeness (QED) is 0.891. The summed E-state index contributed by atoms with van der Waals surface area (Å²) < 4.78 is 13.8. The molecular weight excluding hydrogens is 271 g/mol. The lowest BCUT2D eigenvalue weighted by Gasteiger charge is -2.08. The van der Waals surface area contributed by atoms with Crippen molar-refractivity contribution in [1.29, 1.82) is 0 Å². The third-order valence-corrected chi connectivity index (χ3v) is 3.36. The van der Waals surface area contributed by atoms with Crippen molar-refractivity contribution in [3.63, 3.8) is 0 Å². The van der Waals surface area contributed by atoms with Gasteiger partial charge in [0.1, 0.15) is 5.82 Å². The second kappa shape index (κ2) is 5.01. The fourth-order valence-corrected chi connectivity index (χ4v) is 2.31. The van der Waals surface area contributed by atoms with Gasteiger partial charge in [-0.2, -0.15) is 0 Å². The number of nitrogens with one attached hydrogen (secondary N) is 2. The van der Waals surface area contributed by atoms with E-state index in [-0.39, 0.29) is 17.9 Å². The lowest BCUT2D eigenvalue weighted by molar-refractivity contribution is -0.115. The molecule has 0 unspecified atom stereocenters. The van der Waals surface area contributed by atoms with Gasteiger partial charge in [0.2, 0.25) is 5.91 Å². The van der Waals surface area contributed by atoms with Crippen molar-refractivity contribution in [3.8, 4) is 0 Å². The molecule has 3 rings (SSSR count). The van der Waals surface area contributed by atoms with Gasteiger partial charge in [0.25, 0.3) is 5.91 Å².